The van der Waals surface area contributed by atoms with Crippen LogP contribution < -0.4 is 0 Å². The van der Waals surface area contributed by atoms with Crippen molar-refractivity contribution in [1.82, 2.24) is 0 Å². The molecule has 1 unspecified atom stereocenters. The second-order valence-electron chi connectivity index (χ2n) is 5.98. The van der Waals surface area contributed by atoms with E-state index < -0.39 is 0 Å². The summed E-state index contributed by atoms with van der Waals surface area (Å²) in [4.78, 5) is 0. The van der Waals surface area contributed by atoms with Gasteiger partial charge in [-0.05, 0) is 66.5 Å². The fourth-order valence-corrected chi connectivity index (χ4v) is 3.18. The first-order chi connectivity index (χ1) is 10.2. The summed E-state index contributed by atoms with van der Waals surface area (Å²) in [5.74, 6) is 0. The first-order valence-electron chi connectivity index (χ1n) is 7.72. The molecule has 0 aliphatic heterocycles. The molecule has 108 valence electrons. The molecule has 21 heavy (non-hydrogen) atoms. The average Bonchev–Trinajstić information content (AvgIpc) is 2.85. The Kier molecular flexibility index (Phi) is 3.94. The molecular weight excluding hydrogens is 256 g/mol. The van der Waals surface area contributed by atoms with E-state index >= 15 is 0 Å². The highest BCUT2D eigenvalue weighted by atomic mass is 16.3. The highest BCUT2D eigenvalue weighted by Gasteiger charge is 2.20. The third-order valence-corrected chi connectivity index (χ3v) is 4.31. The van der Waals surface area contributed by atoms with Gasteiger partial charge in [-0.3, -0.25) is 0 Å². The SMILES string of the molecule is CC(=CCCC(C)O)c1cccc2c1Cc1ccccc1-2. The lowest BCUT2D eigenvalue weighted by Gasteiger charge is -2.10. The first-order valence-corrected chi connectivity index (χ1v) is 7.72. The van der Waals surface area contributed by atoms with Gasteiger partial charge in [-0.25, -0.2) is 0 Å². The normalized spacial score (nSPS) is 14.7. The van der Waals surface area contributed by atoms with Crippen LogP contribution in [0, 0.1) is 0 Å². The molecule has 0 bridgehead atoms. The molecule has 2 aromatic carbocycles. The monoisotopic (exact) mass is 278 g/mol. The molecule has 0 amide bonds. The van der Waals surface area contributed by atoms with Crippen LogP contribution in [0.3, 0.4) is 0 Å². The van der Waals surface area contributed by atoms with E-state index in [0.29, 0.717) is 0 Å². The van der Waals surface area contributed by atoms with Crippen LogP contribution in [0.5, 0.6) is 0 Å². The molecule has 0 saturated heterocycles. The van der Waals surface area contributed by atoms with Gasteiger partial charge in [-0.1, -0.05) is 48.5 Å². The minimum atomic E-state index is -0.222. The van der Waals surface area contributed by atoms with Crippen molar-refractivity contribution in [3.63, 3.8) is 0 Å². The molecule has 1 heteroatoms. The maximum Gasteiger partial charge on any atom is 0.0515 e. The zero-order valence-electron chi connectivity index (χ0n) is 12.8. The number of fused-ring (bicyclic) bond motifs is 3. The smallest absolute Gasteiger partial charge is 0.0515 e. The van der Waals surface area contributed by atoms with E-state index in [1.807, 2.05) is 6.92 Å². The topological polar surface area (TPSA) is 20.2 Å². The lowest BCUT2D eigenvalue weighted by molar-refractivity contribution is 0.186. The number of rotatable bonds is 4. The van der Waals surface area contributed by atoms with Crippen molar-refractivity contribution in [2.45, 2.75) is 39.2 Å². The molecule has 0 heterocycles. The first kappa shape index (κ1) is 14.1. The predicted octanol–water partition coefficient (Wildman–Crippen LogP) is 4.82. The summed E-state index contributed by atoms with van der Waals surface area (Å²) in [6.07, 6.45) is 4.82. The zero-order chi connectivity index (χ0) is 14.8. The van der Waals surface area contributed by atoms with Crippen LogP contribution in [0.2, 0.25) is 0 Å². The van der Waals surface area contributed by atoms with Gasteiger partial charge in [0.25, 0.3) is 0 Å². The van der Waals surface area contributed by atoms with Crippen molar-refractivity contribution in [2.75, 3.05) is 0 Å². The Morgan fingerprint density at radius 2 is 1.90 bits per heavy atom. The fourth-order valence-electron chi connectivity index (χ4n) is 3.18. The summed E-state index contributed by atoms with van der Waals surface area (Å²) in [6, 6.07) is 15.3. The van der Waals surface area contributed by atoms with Crippen LogP contribution in [0.25, 0.3) is 16.7 Å². The van der Waals surface area contributed by atoms with Gasteiger partial charge in [0.05, 0.1) is 6.10 Å². The molecular formula is C20H22O. The third-order valence-electron chi connectivity index (χ3n) is 4.31. The van der Waals surface area contributed by atoms with E-state index in [1.165, 1.54) is 33.4 Å². The lowest BCUT2D eigenvalue weighted by Crippen LogP contribution is -1.97. The summed E-state index contributed by atoms with van der Waals surface area (Å²) in [6.45, 7) is 4.03. The predicted molar refractivity (Wildman–Crippen MR) is 89.2 cm³/mol. The van der Waals surface area contributed by atoms with Crippen LogP contribution in [-0.4, -0.2) is 11.2 Å². The summed E-state index contributed by atoms with van der Waals surface area (Å²) in [5, 5.41) is 9.38. The van der Waals surface area contributed by atoms with Crippen molar-refractivity contribution in [2.24, 2.45) is 0 Å². The number of allylic oxidation sites excluding steroid dienone is 2. The molecule has 0 saturated carbocycles. The highest BCUT2D eigenvalue weighted by Crippen LogP contribution is 2.39. The van der Waals surface area contributed by atoms with Crippen LogP contribution in [0.15, 0.2) is 48.5 Å². The number of aliphatic hydroxyl groups excluding tert-OH is 1. The van der Waals surface area contributed by atoms with Crippen molar-refractivity contribution in [1.29, 1.82) is 0 Å². The molecule has 1 aliphatic rings. The molecule has 1 aliphatic carbocycles. The Morgan fingerprint density at radius 3 is 2.71 bits per heavy atom. The van der Waals surface area contributed by atoms with E-state index in [-0.39, 0.29) is 6.10 Å². The van der Waals surface area contributed by atoms with E-state index in [1.54, 1.807) is 0 Å². The van der Waals surface area contributed by atoms with Crippen LogP contribution in [-0.2, 0) is 6.42 Å². The maximum absolute atomic E-state index is 9.38. The van der Waals surface area contributed by atoms with E-state index in [0.717, 1.165) is 19.3 Å². The van der Waals surface area contributed by atoms with Crippen molar-refractivity contribution in [3.8, 4) is 11.1 Å². The zero-order valence-corrected chi connectivity index (χ0v) is 12.8. The third kappa shape index (κ3) is 2.79. The van der Waals surface area contributed by atoms with E-state index in [9.17, 15) is 5.11 Å². The molecule has 0 radical (unpaired) electrons. The minimum absolute atomic E-state index is 0.222. The lowest BCUT2D eigenvalue weighted by atomic mass is 9.95. The number of benzene rings is 2. The molecule has 0 spiro atoms. The quantitative estimate of drug-likeness (QED) is 0.725. The van der Waals surface area contributed by atoms with Crippen molar-refractivity contribution < 1.29 is 5.11 Å². The Hall–Kier alpha value is -1.86. The van der Waals surface area contributed by atoms with Gasteiger partial charge in [0.1, 0.15) is 0 Å². The van der Waals surface area contributed by atoms with Crippen LogP contribution >= 0.6 is 0 Å². The summed E-state index contributed by atoms with van der Waals surface area (Å²) in [7, 11) is 0. The van der Waals surface area contributed by atoms with Gasteiger partial charge in [-0.15, -0.1) is 0 Å². The molecule has 3 rings (SSSR count). The van der Waals surface area contributed by atoms with Gasteiger partial charge in [-0.2, -0.15) is 0 Å². The minimum Gasteiger partial charge on any atom is -0.393 e. The highest BCUT2D eigenvalue weighted by molar-refractivity contribution is 5.82. The Bertz CT molecular complexity index is 680. The number of hydrogen-bond acceptors (Lipinski definition) is 1. The van der Waals surface area contributed by atoms with Gasteiger partial charge < -0.3 is 5.11 Å². The summed E-state index contributed by atoms with van der Waals surface area (Å²) in [5.41, 5.74) is 8.31. The van der Waals surface area contributed by atoms with Crippen molar-refractivity contribution >= 4 is 5.57 Å². The molecule has 2 aromatic rings. The van der Waals surface area contributed by atoms with Crippen LogP contribution in [0.4, 0.5) is 0 Å². The number of aliphatic hydroxyl groups is 1. The second-order valence-corrected chi connectivity index (χ2v) is 5.98. The standard InChI is InChI=1S/C20H22O/c1-14(7-5-8-15(2)21)17-11-6-12-19-18-10-4-3-9-16(18)13-20(17)19/h3-4,6-7,9-12,15,21H,5,8,13H2,1-2H3. The molecule has 0 aromatic heterocycles. The van der Waals surface area contributed by atoms with Crippen LogP contribution in [0.1, 0.15) is 43.4 Å². The molecule has 1 N–H and O–H groups in total. The largest absolute Gasteiger partial charge is 0.393 e. The Balaban J connectivity index is 1.93. The van der Waals surface area contributed by atoms with E-state index in [2.05, 4.69) is 55.5 Å². The number of hydrogen-bond donors (Lipinski definition) is 1. The van der Waals surface area contributed by atoms with Gasteiger partial charge in [0.2, 0.25) is 0 Å². The molecule has 0 fully saturated rings. The van der Waals surface area contributed by atoms with Gasteiger partial charge >= 0.3 is 0 Å². The average molecular weight is 278 g/mol. The van der Waals surface area contributed by atoms with Gasteiger partial charge in [0.15, 0.2) is 0 Å². The van der Waals surface area contributed by atoms with Crippen molar-refractivity contribution in [3.05, 3.63) is 65.2 Å². The Morgan fingerprint density at radius 1 is 1.14 bits per heavy atom. The summed E-state index contributed by atoms with van der Waals surface area (Å²) >= 11 is 0. The van der Waals surface area contributed by atoms with E-state index in [4.69, 9.17) is 0 Å². The van der Waals surface area contributed by atoms with Gasteiger partial charge in [0, 0.05) is 0 Å². The Labute approximate surface area is 127 Å². The molecule has 1 nitrogen and oxygen atoms in total. The summed E-state index contributed by atoms with van der Waals surface area (Å²) < 4.78 is 0. The maximum atomic E-state index is 9.38. The second kappa shape index (κ2) is 5.87. The fraction of sp³-hybridized carbons (Fsp3) is 0.300. The molecule has 1 atom stereocenters.